The Morgan fingerprint density at radius 3 is 3.12 bits per heavy atom. The van der Waals surface area contributed by atoms with Crippen LogP contribution >= 0.6 is 0 Å². The maximum atomic E-state index is 11.5. The van der Waals surface area contributed by atoms with Gasteiger partial charge in [-0.1, -0.05) is 6.07 Å². The molecule has 16 heavy (non-hydrogen) atoms. The lowest BCUT2D eigenvalue weighted by Crippen LogP contribution is -2.24. The number of hydrogen-bond acceptors (Lipinski definition) is 4. The van der Waals surface area contributed by atoms with Crippen molar-refractivity contribution in [1.82, 2.24) is 15.3 Å². The van der Waals surface area contributed by atoms with Gasteiger partial charge in [0.25, 0.3) is 0 Å². The number of rotatable bonds is 4. The molecule has 0 saturated heterocycles. The number of nitrogens with one attached hydrogen (secondary N) is 1. The zero-order chi connectivity index (χ0) is 11.2. The Balaban J connectivity index is 1.80. The van der Waals surface area contributed by atoms with Gasteiger partial charge in [-0.05, 0) is 11.6 Å². The molecule has 0 saturated carbocycles. The highest BCUT2D eigenvalue weighted by Crippen LogP contribution is 1.97. The van der Waals surface area contributed by atoms with Gasteiger partial charge in [0.2, 0.25) is 5.91 Å². The molecule has 0 aromatic carbocycles. The van der Waals surface area contributed by atoms with Crippen LogP contribution in [0, 0.1) is 0 Å². The minimum Gasteiger partial charge on any atom is -0.451 e. The van der Waals surface area contributed by atoms with Crippen LogP contribution in [0.4, 0.5) is 0 Å². The van der Waals surface area contributed by atoms with Crippen LogP contribution in [0.3, 0.4) is 0 Å². The maximum Gasteiger partial charge on any atom is 0.226 e. The molecule has 0 aliphatic carbocycles. The summed E-state index contributed by atoms with van der Waals surface area (Å²) in [7, 11) is 0. The van der Waals surface area contributed by atoms with Gasteiger partial charge in [0.15, 0.2) is 6.39 Å². The van der Waals surface area contributed by atoms with Gasteiger partial charge in [0.05, 0.1) is 12.1 Å². The topological polar surface area (TPSA) is 68.0 Å². The fourth-order valence-corrected chi connectivity index (χ4v) is 1.26. The molecule has 82 valence electrons. The Morgan fingerprint density at radius 1 is 1.50 bits per heavy atom. The first kappa shape index (κ1) is 10.4. The van der Waals surface area contributed by atoms with Crippen LogP contribution in [0.15, 0.2) is 41.6 Å². The smallest absolute Gasteiger partial charge is 0.226 e. The molecule has 5 heteroatoms. The van der Waals surface area contributed by atoms with Gasteiger partial charge in [-0.2, -0.15) is 0 Å². The monoisotopic (exact) mass is 217 g/mol. The Hall–Kier alpha value is -2.17. The van der Waals surface area contributed by atoms with Crippen molar-refractivity contribution in [2.24, 2.45) is 0 Å². The predicted octanol–water partition coefficient (Wildman–Crippen LogP) is 0.929. The number of nitrogens with zero attached hydrogens (tertiary/aromatic N) is 2. The quantitative estimate of drug-likeness (QED) is 0.827. The number of pyridine rings is 1. The summed E-state index contributed by atoms with van der Waals surface area (Å²) >= 11 is 0. The van der Waals surface area contributed by atoms with Crippen LogP contribution in [-0.4, -0.2) is 15.9 Å². The normalized spacial score (nSPS) is 10.0. The molecule has 0 radical (unpaired) electrons. The van der Waals surface area contributed by atoms with E-state index >= 15 is 0 Å². The molecule has 0 aliphatic heterocycles. The van der Waals surface area contributed by atoms with E-state index in [9.17, 15) is 4.79 Å². The molecule has 0 spiro atoms. The highest BCUT2D eigenvalue weighted by atomic mass is 16.3. The lowest BCUT2D eigenvalue weighted by atomic mass is 10.2. The van der Waals surface area contributed by atoms with E-state index < -0.39 is 0 Å². The van der Waals surface area contributed by atoms with Crippen LogP contribution in [0.5, 0.6) is 0 Å². The minimum absolute atomic E-state index is 0.0854. The molecule has 5 nitrogen and oxygen atoms in total. The summed E-state index contributed by atoms with van der Waals surface area (Å²) < 4.78 is 4.78. The van der Waals surface area contributed by atoms with E-state index in [1.54, 1.807) is 12.4 Å². The SMILES string of the molecule is O=C(Cc1cocn1)NCc1cccnc1. The Kier molecular flexibility index (Phi) is 3.28. The van der Waals surface area contributed by atoms with Gasteiger partial charge in [0, 0.05) is 18.9 Å². The van der Waals surface area contributed by atoms with Crippen LogP contribution < -0.4 is 5.32 Å². The van der Waals surface area contributed by atoms with Gasteiger partial charge in [-0.25, -0.2) is 4.98 Å². The van der Waals surface area contributed by atoms with E-state index in [0.717, 1.165) is 5.56 Å². The zero-order valence-electron chi connectivity index (χ0n) is 8.59. The summed E-state index contributed by atoms with van der Waals surface area (Å²) in [6.07, 6.45) is 6.42. The molecular formula is C11H11N3O2. The third-order valence-electron chi connectivity index (χ3n) is 2.04. The van der Waals surface area contributed by atoms with Crippen molar-refractivity contribution in [3.8, 4) is 0 Å². The molecule has 1 N–H and O–H groups in total. The van der Waals surface area contributed by atoms with E-state index in [2.05, 4.69) is 15.3 Å². The summed E-state index contributed by atoms with van der Waals surface area (Å²) in [4.78, 5) is 19.3. The summed E-state index contributed by atoms with van der Waals surface area (Å²) in [5, 5.41) is 2.78. The van der Waals surface area contributed by atoms with E-state index in [1.807, 2.05) is 12.1 Å². The summed E-state index contributed by atoms with van der Waals surface area (Å²) in [5.41, 5.74) is 1.60. The van der Waals surface area contributed by atoms with E-state index in [1.165, 1.54) is 12.7 Å². The number of hydrogen-bond donors (Lipinski definition) is 1. The molecule has 2 rings (SSSR count). The predicted molar refractivity (Wildman–Crippen MR) is 56.3 cm³/mol. The summed E-state index contributed by atoms with van der Waals surface area (Å²) in [6, 6.07) is 3.74. The van der Waals surface area contributed by atoms with Crippen LogP contribution in [0.25, 0.3) is 0 Å². The van der Waals surface area contributed by atoms with Crippen molar-refractivity contribution in [3.63, 3.8) is 0 Å². The Bertz CT molecular complexity index is 440. The molecule has 0 bridgehead atoms. The second-order valence-corrected chi connectivity index (χ2v) is 3.29. The first-order valence-electron chi connectivity index (χ1n) is 4.87. The minimum atomic E-state index is -0.0854. The van der Waals surface area contributed by atoms with Crippen molar-refractivity contribution >= 4 is 5.91 Å². The summed E-state index contributed by atoms with van der Waals surface area (Å²) in [6.45, 7) is 0.477. The zero-order valence-corrected chi connectivity index (χ0v) is 8.59. The lowest BCUT2D eigenvalue weighted by Gasteiger charge is -2.02. The van der Waals surface area contributed by atoms with Gasteiger partial charge < -0.3 is 9.73 Å². The third kappa shape index (κ3) is 2.91. The second-order valence-electron chi connectivity index (χ2n) is 3.29. The second kappa shape index (κ2) is 5.06. The molecule has 0 fully saturated rings. The summed E-state index contributed by atoms with van der Waals surface area (Å²) in [5.74, 6) is -0.0854. The molecule has 0 unspecified atom stereocenters. The largest absolute Gasteiger partial charge is 0.451 e. The van der Waals surface area contributed by atoms with Crippen LogP contribution in [-0.2, 0) is 17.8 Å². The average Bonchev–Trinajstić information content (AvgIpc) is 2.81. The highest BCUT2D eigenvalue weighted by molar-refractivity contribution is 5.77. The van der Waals surface area contributed by atoms with E-state index in [4.69, 9.17) is 4.42 Å². The number of carbonyl (C=O) groups is 1. The molecule has 2 heterocycles. The van der Waals surface area contributed by atoms with Crippen LogP contribution in [0.1, 0.15) is 11.3 Å². The average molecular weight is 217 g/mol. The van der Waals surface area contributed by atoms with E-state index in [0.29, 0.717) is 12.2 Å². The fraction of sp³-hybridized carbons (Fsp3) is 0.182. The molecule has 2 aromatic rings. The number of oxazole rings is 1. The highest BCUT2D eigenvalue weighted by Gasteiger charge is 2.05. The number of aromatic nitrogens is 2. The van der Waals surface area contributed by atoms with Crippen LogP contribution in [0.2, 0.25) is 0 Å². The van der Waals surface area contributed by atoms with E-state index in [-0.39, 0.29) is 12.3 Å². The van der Waals surface area contributed by atoms with Crippen molar-refractivity contribution in [1.29, 1.82) is 0 Å². The van der Waals surface area contributed by atoms with Crippen molar-refractivity contribution in [2.75, 3.05) is 0 Å². The molecule has 1 amide bonds. The number of carbonyl (C=O) groups excluding carboxylic acids is 1. The first-order chi connectivity index (χ1) is 7.84. The Labute approximate surface area is 92.5 Å². The molecule has 2 aromatic heterocycles. The van der Waals surface area contributed by atoms with Gasteiger partial charge in [-0.3, -0.25) is 9.78 Å². The first-order valence-corrected chi connectivity index (χ1v) is 4.87. The fourth-order valence-electron chi connectivity index (χ4n) is 1.26. The Morgan fingerprint density at radius 2 is 2.44 bits per heavy atom. The maximum absolute atomic E-state index is 11.5. The third-order valence-corrected chi connectivity index (χ3v) is 2.04. The molecular weight excluding hydrogens is 206 g/mol. The van der Waals surface area contributed by atoms with Crippen molar-refractivity contribution in [3.05, 3.63) is 48.4 Å². The van der Waals surface area contributed by atoms with Gasteiger partial charge >= 0.3 is 0 Å². The molecule has 0 atom stereocenters. The number of amides is 1. The lowest BCUT2D eigenvalue weighted by molar-refractivity contribution is -0.120. The van der Waals surface area contributed by atoms with Gasteiger partial charge in [-0.15, -0.1) is 0 Å². The van der Waals surface area contributed by atoms with Crippen molar-refractivity contribution < 1.29 is 9.21 Å². The molecule has 0 aliphatic rings. The van der Waals surface area contributed by atoms with Gasteiger partial charge in [0.1, 0.15) is 6.26 Å². The standard InChI is InChI=1S/C11H11N3O2/c15-11(4-10-7-16-8-14-10)13-6-9-2-1-3-12-5-9/h1-3,5,7-8H,4,6H2,(H,13,15). The van der Waals surface area contributed by atoms with Crippen molar-refractivity contribution in [2.45, 2.75) is 13.0 Å².